The number of nitrogens with zero attached hydrogens (tertiary/aromatic N) is 4. The summed E-state index contributed by atoms with van der Waals surface area (Å²) in [6.07, 6.45) is 0. The number of nitriles is 1. The Balaban J connectivity index is 3.12. The number of alkyl halides is 1. The Bertz CT molecular complexity index is 357. The van der Waals surface area contributed by atoms with Gasteiger partial charge in [-0.15, -0.1) is 16.6 Å². The molecule has 0 fully saturated rings. The topological polar surface area (TPSA) is 80.9 Å². The molecule has 0 bridgehead atoms. The minimum atomic E-state index is -0.600. The van der Waals surface area contributed by atoms with Gasteiger partial charge in [-0.3, -0.25) is 0 Å². The number of methoxy groups -OCH3 is 2. The van der Waals surface area contributed by atoms with E-state index >= 15 is 0 Å². The van der Waals surface area contributed by atoms with Crippen LogP contribution in [0.15, 0.2) is 0 Å². The van der Waals surface area contributed by atoms with Crippen LogP contribution < -0.4 is 9.47 Å². The van der Waals surface area contributed by atoms with Gasteiger partial charge in [-0.1, -0.05) is 0 Å². The largest absolute Gasteiger partial charge is 0.467 e. The van der Waals surface area contributed by atoms with E-state index in [0.717, 1.165) is 0 Å². The van der Waals surface area contributed by atoms with Crippen LogP contribution >= 0.6 is 11.6 Å². The molecule has 1 rings (SSSR count). The third kappa shape index (κ3) is 2.67. The first kappa shape index (κ1) is 11.5. The summed E-state index contributed by atoms with van der Waals surface area (Å²) in [4.78, 5) is 11.6. The lowest BCUT2D eigenvalue weighted by atomic mass is 10.2. The summed E-state index contributed by atoms with van der Waals surface area (Å²) in [7, 11) is 2.83. The van der Waals surface area contributed by atoms with E-state index in [1.165, 1.54) is 14.2 Å². The average molecular weight is 229 g/mol. The van der Waals surface area contributed by atoms with Crippen LogP contribution in [0.3, 0.4) is 0 Å². The van der Waals surface area contributed by atoms with E-state index in [0.29, 0.717) is 0 Å². The molecule has 6 nitrogen and oxygen atoms in total. The minimum absolute atomic E-state index is 0.0993. The third-order valence-electron chi connectivity index (χ3n) is 1.60. The molecule has 1 unspecified atom stereocenters. The molecule has 15 heavy (non-hydrogen) atoms. The highest BCUT2D eigenvalue weighted by molar-refractivity contribution is 6.18. The Morgan fingerprint density at radius 2 is 1.80 bits per heavy atom. The highest BCUT2D eigenvalue weighted by Crippen LogP contribution is 2.17. The maximum atomic E-state index is 8.79. The van der Waals surface area contributed by atoms with Gasteiger partial charge >= 0.3 is 12.0 Å². The van der Waals surface area contributed by atoms with Crippen LogP contribution in [0, 0.1) is 11.3 Å². The monoisotopic (exact) mass is 228 g/mol. The summed E-state index contributed by atoms with van der Waals surface area (Å²) in [5.74, 6) is -0.249. The molecule has 0 saturated heterocycles. The Hall–Kier alpha value is -1.61. The van der Waals surface area contributed by atoms with Gasteiger partial charge in [-0.25, -0.2) is 0 Å². The molecule has 1 atom stereocenters. The van der Waals surface area contributed by atoms with Crippen LogP contribution in [0.4, 0.5) is 0 Å². The summed E-state index contributed by atoms with van der Waals surface area (Å²) < 4.78 is 9.68. The zero-order valence-electron chi connectivity index (χ0n) is 8.27. The van der Waals surface area contributed by atoms with Crippen molar-refractivity contribution in [2.24, 2.45) is 0 Å². The average Bonchev–Trinajstić information content (AvgIpc) is 2.30. The molecule has 7 heteroatoms. The number of halogens is 1. The van der Waals surface area contributed by atoms with Crippen molar-refractivity contribution in [3.63, 3.8) is 0 Å². The van der Waals surface area contributed by atoms with Gasteiger partial charge in [0, 0.05) is 5.88 Å². The quantitative estimate of drug-likeness (QED) is 0.707. The molecule has 0 aliphatic heterocycles. The highest BCUT2D eigenvalue weighted by Gasteiger charge is 2.16. The van der Waals surface area contributed by atoms with E-state index < -0.39 is 5.92 Å². The zero-order chi connectivity index (χ0) is 11.3. The van der Waals surface area contributed by atoms with Gasteiger partial charge in [0.1, 0.15) is 5.92 Å². The van der Waals surface area contributed by atoms with E-state index in [-0.39, 0.29) is 23.7 Å². The SMILES string of the molecule is COc1nc(OC)nc(C(C#N)CCl)n1. The number of ether oxygens (including phenoxy) is 2. The molecule has 0 N–H and O–H groups in total. The van der Waals surface area contributed by atoms with Crippen molar-refractivity contribution in [3.05, 3.63) is 5.82 Å². The second-order valence-electron chi connectivity index (χ2n) is 2.50. The Morgan fingerprint density at radius 3 is 2.13 bits per heavy atom. The minimum Gasteiger partial charge on any atom is -0.467 e. The standard InChI is InChI=1S/C8H9ClN4O2/c1-14-7-11-6(5(3-9)4-10)12-8(13-7)15-2/h5H,3H2,1-2H3. The number of hydrogen-bond donors (Lipinski definition) is 0. The lowest BCUT2D eigenvalue weighted by Gasteiger charge is -2.06. The third-order valence-corrected chi connectivity index (χ3v) is 1.91. The molecule has 1 aromatic heterocycles. The molecule has 0 aliphatic rings. The van der Waals surface area contributed by atoms with Gasteiger partial charge in [0.05, 0.1) is 20.3 Å². The molecular formula is C8H9ClN4O2. The number of hydrogen-bond acceptors (Lipinski definition) is 6. The van der Waals surface area contributed by atoms with Crippen LogP contribution in [0.5, 0.6) is 12.0 Å². The summed E-state index contributed by atoms with van der Waals surface area (Å²) in [6.45, 7) is 0. The maximum absolute atomic E-state index is 8.79. The molecule has 0 amide bonds. The lowest BCUT2D eigenvalue weighted by molar-refractivity contribution is 0.336. The molecule has 1 aromatic rings. The van der Waals surface area contributed by atoms with Crippen LogP contribution in [0.25, 0.3) is 0 Å². The van der Waals surface area contributed by atoms with Crippen molar-refractivity contribution in [3.8, 4) is 18.1 Å². The number of rotatable bonds is 4. The smallest absolute Gasteiger partial charge is 0.322 e. The van der Waals surface area contributed by atoms with Crippen LogP contribution in [-0.4, -0.2) is 35.1 Å². The van der Waals surface area contributed by atoms with Crippen molar-refractivity contribution in [2.75, 3.05) is 20.1 Å². The van der Waals surface area contributed by atoms with Crippen molar-refractivity contribution in [2.45, 2.75) is 5.92 Å². The summed E-state index contributed by atoms with van der Waals surface area (Å²) in [6, 6.07) is 2.17. The summed E-state index contributed by atoms with van der Waals surface area (Å²) >= 11 is 5.59. The van der Waals surface area contributed by atoms with Gasteiger partial charge in [0.15, 0.2) is 5.82 Å². The summed E-state index contributed by atoms with van der Waals surface area (Å²) in [5, 5.41) is 8.79. The first-order chi connectivity index (χ1) is 7.24. The summed E-state index contributed by atoms with van der Waals surface area (Å²) in [5.41, 5.74) is 0. The normalized spacial score (nSPS) is 11.6. The van der Waals surface area contributed by atoms with Gasteiger partial charge in [0.25, 0.3) is 0 Å². The lowest BCUT2D eigenvalue weighted by Crippen LogP contribution is -2.08. The second-order valence-corrected chi connectivity index (χ2v) is 2.81. The van der Waals surface area contributed by atoms with Crippen LogP contribution in [-0.2, 0) is 0 Å². The van der Waals surface area contributed by atoms with E-state index in [2.05, 4.69) is 15.0 Å². The van der Waals surface area contributed by atoms with Gasteiger partial charge in [-0.05, 0) is 0 Å². The molecule has 80 valence electrons. The fourth-order valence-electron chi connectivity index (χ4n) is 0.852. The van der Waals surface area contributed by atoms with Crippen molar-refractivity contribution < 1.29 is 9.47 Å². The van der Waals surface area contributed by atoms with E-state index in [9.17, 15) is 0 Å². The Morgan fingerprint density at radius 1 is 1.27 bits per heavy atom. The van der Waals surface area contributed by atoms with Gasteiger partial charge < -0.3 is 9.47 Å². The Labute approximate surface area is 91.8 Å². The number of aromatic nitrogens is 3. The molecule has 0 saturated carbocycles. The predicted octanol–water partition coefficient (Wildman–Crippen LogP) is 0.735. The molecule has 0 aliphatic carbocycles. The van der Waals surface area contributed by atoms with Crippen LogP contribution in [0.2, 0.25) is 0 Å². The molecule has 0 spiro atoms. The Kier molecular flexibility index (Phi) is 4.06. The first-order valence-corrected chi connectivity index (χ1v) is 4.58. The van der Waals surface area contributed by atoms with Crippen molar-refractivity contribution in [1.29, 1.82) is 5.26 Å². The van der Waals surface area contributed by atoms with Gasteiger partial charge in [0.2, 0.25) is 0 Å². The predicted molar refractivity (Wildman–Crippen MR) is 52.0 cm³/mol. The molecule has 0 aromatic carbocycles. The fourth-order valence-corrected chi connectivity index (χ4v) is 1.06. The van der Waals surface area contributed by atoms with Crippen molar-refractivity contribution >= 4 is 11.6 Å². The second kappa shape index (κ2) is 5.32. The zero-order valence-corrected chi connectivity index (χ0v) is 9.02. The molecular weight excluding hydrogens is 220 g/mol. The highest BCUT2D eigenvalue weighted by atomic mass is 35.5. The van der Waals surface area contributed by atoms with E-state index in [4.69, 9.17) is 26.3 Å². The molecule has 0 radical (unpaired) electrons. The molecule has 1 heterocycles. The fraction of sp³-hybridized carbons (Fsp3) is 0.500. The maximum Gasteiger partial charge on any atom is 0.322 e. The van der Waals surface area contributed by atoms with Crippen LogP contribution in [0.1, 0.15) is 11.7 Å². The first-order valence-electron chi connectivity index (χ1n) is 4.04. The van der Waals surface area contributed by atoms with E-state index in [1.807, 2.05) is 6.07 Å². The van der Waals surface area contributed by atoms with E-state index in [1.54, 1.807) is 0 Å². The van der Waals surface area contributed by atoms with Gasteiger partial charge in [-0.2, -0.15) is 15.2 Å². The van der Waals surface area contributed by atoms with Crippen molar-refractivity contribution in [1.82, 2.24) is 15.0 Å².